The fourth-order valence-electron chi connectivity index (χ4n) is 4.16. The number of rotatable bonds is 5. The Morgan fingerprint density at radius 3 is 2.29 bits per heavy atom. The van der Waals surface area contributed by atoms with Crippen molar-refractivity contribution in [3.8, 4) is 0 Å². The smallest absolute Gasteiger partial charge is 0.0253 e. The number of nitrogens with zero attached hydrogens (tertiary/aromatic N) is 2. The van der Waals surface area contributed by atoms with E-state index in [1.54, 1.807) is 0 Å². The fraction of sp³-hybridized carbons (Fsp3) is 1.00. The predicted molar refractivity (Wildman–Crippen MR) is 74.2 cm³/mol. The summed E-state index contributed by atoms with van der Waals surface area (Å²) in [7, 11) is 6.83. The van der Waals surface area contributed by atoms with Crippen molar-refractivity contribution in [3.05, 3.63) is 0 Å². The Kier molecular flexibility index (Phi) is 3.84. The van der Waals surface area contributed by atoms with Gasteiger partial charge in [-0.1, -0.05) is 20.3 Å². The van der Waals surface area contributed by atoms with Gasteiger partial charge in [0.1, 0.15) is 0 Å². The Bertz CT molecular complexity index is 264. The molecular weight excluding hydrogens is 208 g/mol. The highest BCUT2D eigenvalue weighted by molar-refractivity contribution is 5.11. The standard InChI is InChI=1S/C15H30N2/c1-6-8-15-10-12(15)9-13(16(3)4)14(11-15)17(5)7-2/h12-14H,6-11H2,1-5H3. The van der Waals surface area contributed by atoms with Crippen molar-refractivity contribution in [2.24, 2.45) is 11.3 Å². The zero-order valence-electron chi connectivity index (χ0n) is 12.4. The molecule has 0 bridgehead atoms. The van der Waals surface area contributed by atoms with Gasteiger partial charge in [0, 0.05) is 12.1 Å². The van der Waals surface area contributed by atoms with Crippen molar-refractivity contribution >= 4 is 0 Å². The first kappa shape index (κ1) is 13.4. The molecule has 2 rings (SSSR count). The molecule has 0 amide bonds. The first-order valence-electron chi connectivity index (χ1n) is 7.40. The summed E-state index contributed by atoms with van der Waals surface area (Å²) in [5.41, 5.74) is 0.745. The lowest BCUT2D eigenvalue weighted by Gasteiger charge is -2.43. The van der Waals surface area contributed by atoms with Crippen LogP contribution >= 0.6 is 0 Å². The van der Waals surface area contributed by atoms with Crippen LogP contribution in [0.25, 0.3) is 0 Å². The van der Waals surface area contributed by atoms with Crippen molar-refractivity contribution in [1.29, 1.82) is 0 Å². The van der Waals surface area contributed by atoms with Gasteiger partial charge in [0.15, 0.2) is 0 Å². The lowest BCUT2D eigenvalue weighted by Crippen LogP contribution is -2.51. The lowest BCUT2D eigenvalue weighted by molar-refractivity contribution is 0.0652. The van der Waals surface area contributed by atoms with Crippen LogP contribution < -0.4 is 0 Å². The van der Waals surface area contributed by atoms with Crippen molar-refractivity contribution in [2.75, 3.05) is 27.7 Å². The lowest BCUT2D eigenvalue weighted by atomic mass is 9.78. The molecule has 2 nitrogen and oxygen atoms in total. The third-order valence-electron chi connectivity index (χ3n) is 5.42. The average Bonchev–Trinajstić information content (AvgIpc) is 2.99. The van der Waals surface area contributed by atoms with E-state index in [2.05, 4.69) is 44.8 Å². The fourth-order valence-corrected chi connectivity index (χ4v) is 4.16. The van der Waals surface area contributed by atoms with Gasteiger partial charge in [-0.3, -0.25) is 0 Å². The first-order chi connectivity index (χ1) is 8.04. The molecule has 0 aromatic carbocycles. The summed E-state index contributed by atoms with van der Waals surface area (Å²) in [5.74, 6) is 1.04. The Morgan fingerprint density at radius 2 is 1.76 bits per heavy atom. The molecule has 2 saturated carbocycles. The second-order valence-corrected chi connectivity index (χ2v) is 6.62. The highest BCUT2D eigenvalue weighted by Gasteiger charge is 2.59. The zero-order chi connectivity index (χ0) is 12.6. The number of likely N-dealkylation sites (N-methyl/N-ethyl adjacent to an activating group) is 2. The number of fused-ring (bicyclic) bond motifs is 1. The highest BCUT2D eigenvalue weighted by Crippen LogP contribution is 2.64. The molecule has 0 aromatic rings. The van der Waals surface area contributed by atoms with Gasteiger partial charge >= 0.3 is 0 Å². The molecule has 0 aliphatic heterocycles. The van der Waals surface area contributed by atoms with E-state index in [-0.39, 0.29) is 0 Å². The quantitative estimate of drug-likeness (QED) is 0.727. The molecule has 0 saturated heterocycles. The van der Waals surface area contributed by atoms with Crippen LogP contribution in [0, 0.1) is 11.3 Å². The van der Waals surface area contributed by atoms with E-state index < -0.39 is 0 Å². The second kappa shape index (κ2) is 4.89. The van der Waals surface area contributed by atoms with Gasteiger partial charge in [0.2, 0.25) is 0 Å². The van der Waals surface area contributed by atoms with E-state index >= 15 is 0 Å². The Labute approximate surface area is 107 Å². The highest BCUT2D eigenvalue weighted by atomic mass is 15.2. The molecule has 17 heavy (non-hydrogen) atoms. The van der Waals surface area contributed by atoms with Gasteiger partial charge in [0.25, 0.3) is 0 Å². The maximum Gasteiger partial charge on any atom is 0.0253 e. The molecule has 0 aromatic heterocycles. The SMILES string of the molecule is CCCC12CC(N(C)CC)C(N(C)C)CC1C2. The molecule has 2 aliphatic carbocycles. The second-order valence-electron chi connectivity index (χ2n) is 6.62. The third kappa shape index (κ3) is 2.39. The van der Waals surface area contributed by atoms with Gasteiger partial charge < -0.3 is 9.80 Å². The third-order valence-corrected chi connectivity index (χ3v) is 5.42. The maximum atomic E-state index is 2.58. The summed E-state index contributed by atoms with van der Waals surface area (Å²) in [6.07, 6.45) is 7.22. The normalized spacial score (nSPS) is 40.8. The zero-order valence-corrected chi connectivity index (χ0v) is 12.4. The van der Waals surface area contributed by atoms with Crippen LogP contribution in [0.3, 0.4) is 0 Å². The Morgan fingerprint density at radius 1 is 1.06 bits per heavy atom. The van der Waals surface area contributed by atoms with Crippen LogP contribution in [0.2, 0.25) is 0 Å². The van der Waals surface area contributed by atoms with Crippen molar-refractivity contribution < 1.29 is 0 Å². The largest absolute Gasteiger partial charge is 0.305 e. The predicted octanol–water partition coefficient (Wildman–Crippen LogP) is 2.84. The minimum atomic E-state index is 0.745. The van der Waals surface area contributed by atoms with Gasteiger partial charge in [-0.05, 0) is 64.7 Å². The summed E-state index contributed by atoms with van der Waals surface area (Å²) in [6, 6.07) is 1.55. The van der Waals surface area contributed by atoms with E-state index in [9.17, 15) is 0 Å². The molecule has 4 atom stereocenters. The monoisotopic (exact) mass is 238 g/mol. The topological polar surface area (TPSA) is 6.48 Å². The van der Waals surface area contributed by atoms with Gasteiger partial charge in [-0.2, -0.15) is 0 Å². The molecule has 2 aliphatic rings. The van der Waals surface area contributed by atoms with Crippen LogP contribution in [-0.2, 0) is 0 Å². The van der Waals surface area contributed by atoms with Gasteiger partial charge in [-0.25, -0.2) is 0 Å². The van der Waals surface area contributed by atoms with E-state index in [0.29, 0.717) is 0 Å². The van der Waals surface area contributed by atoms with Crippen LogP contribution in [0.4, 0.5) is 0 Å². The van der Waals surface area contributed by atoms with Crippen molar-refractivity contribution in [2.45, 2.75) is 58.0 Å². The summed E-state index contributed by atoms with van der Waals surface area (Å²) in [6.45, 7) is 5.82. The number of hydrogen-bond donors (Lipinski definition) is 0. The van der Waals surface area contributed by atoms with E-state index in [0.717, 1.165) is 23.4 Å². The molecular formula is C15H30N2. The average molecular weight is 238 g/mol. The van der Waals surface area contributed by atoms with Crippen LogP contribution in [0.1, 0.15) is 46.0 Å². The molecule has 2 heteroatoms. The maximum absolute atomic E-state index is 2.58. The molecule has 2 fully saturated rings. The van der Waals surface area contributed by atoms with Gasteiger partial charge in [0.05, 0.1) is 0 Å². The summed E-state index contributed by atoms with van der Waals surface area (Å²) in [4.78, 5) is 5.04. The Hall–Kier alpha value is -0.0800. The molecule has 0 radical (unpaired) electrons. The van der Waals surface area contributed by atoms with Crippen LogP contribution in [-0.4, -0.2) is 49.6 Å². The van der Waals surface area contributed by atoms with Crippen molar-refractivity contribution in [3.63, 3.8) is 0 Å². The molecule has 0 spiro atoms. The van der Waals surface area contributed by atoms with Gasteiger partial charge in [-0.15, -0.1) is 0 Å². The molecule has 100 valence electrons. The van der Waals surface area contributed by atoms with E-state index in [1.165, 1.54) is 38.6 Å². The molecule has 0 N–H and O–H groups in total. The summed E-state index contributed by atoms with van der Waals surface area (Å²) >= 11 is 0. The van der Waals surface area contributed by atoms with E-state index in [4.69, 9.17) is 0 Å². The summed E-state index contributed by atoms with van der Waals surface area (Å²) in [5, 5.41) is 0. The molecule has 4 unspecified atom stereocenters. The first-order valence-corrected chi connectivity index (χ1v) is 7.40. The minimum absolute atomic E-state index is 0.745. The Balaban J connectivity index is 2.08. The number of hydrogen-bond acceptors (Lipinski definition) is 2. The molecule has 0 heterocycles. The minimum Gasteiger partial charge on any atom is -0.305 e. The van der Waals surface area contributed by atoms with E-state index in [1.807, 2.05) is 0 Å². The summed E-state index contributed by atoms with van der Waals surface area (Å²) < 4.78 is 0. The van der Waals surface area contributed by atoms with Crippen LogP contribution in [0.5, 0.6) is 0 Å². The van der Waals surface area contributed by atoms with Crippen molar-refractivity contribution in [1.82, 2.24) is 9.80 Å². The van der Waals surface area contributed by atoms with Crippen LogP contribution in [0.15, 0.2) is 0 Å².